The van der Waals surface area contributed by atoms with E-state index in [4.69, 9.17) is 11.6 Å². The molecule has 1 aromatic heterocycles. The van der Waals surface area contributed by atoms with Crippen LogP contribution in [0.2, 0.25) is 5.02 Å². The van der Waals surface area contributed by atoms with Crippen LogP contribution in [0.15, 0.2) is 41.8 Å². The SMILES string of the molecule is O=C(NCCCC(=O)N1CCN(c2cccc(Cl)c2)CC1)c1cccs1. The van der Waals surface area contributed by atoms with Crippen molar-refractivity contribution in [3.63, 3.8) is 0 Å². The number of hydrogen-bond acceptors (Lipinski definition) is 4. The van der Waals surface area contributed by atoms with Gasteiger partial charge in [0.15, 0.2) is 0 Å². The van der Waals surface area contributed by atoms with Gasteiger partial charge in [-0.3, -0.25) is 9.59 Å². The molecule has 3 rings (SSSR count). The van der Waals surface area contributed by atoms with Gasteiger partial charge < -0.3 is 15.1 Å². The molecule has 26 heavy (non-hydrogen) atoms. The topological polar surface area (TPSA) is 52.7 Å². The van der Waals surface area contributed by atoms with Gasteiger partial charge in [0.1, 0.15) is 0 Å². The van der Waals surface area contributed by atoms with E-state index in [2.05, 4.69) is 10.2 Å². The van der Waals surface area contributed by atoms with Gasteiger partial charge in [-0.15, -0.1) is 11.3 Å². The summed E-state index contributed by atoms with van der Waals surface area (Å²) in [5, 5.41) is 5.46. The normalized spacial score (nSPS) is 14.3. The van der Waals surface area contributed by atoms with E-state index in [1.165, 1.54) is 11.3 Å². The predicted octanol–water partition coefficient (Wildman–Crippen LogP) is 3.26. The Morgan fingerprint density at radius 2 is 1.92 bits per heavy atom. The fourth-order valence-corrected chi connectivity index (χ4v) is 3.81. The Labute approximate surface area is 162 Å². The first kappa shape index (κ1) is 18.7. The van der Waals surface area contributed by atoms with Gasteiger partial charge in [0, 0.05) is 49.9 Å². The minimum atomic E-state index is -0.0671. The first-order chi connectivity index (χ1) is 12.6. The van der Waals surface area contributed by atoms with E-state index in [1.807, 2.05) is 40.6 Å². The Morgan fingerprint density at radius 3 is 2.62 bits per heavy atom. The molecule has 1 aliphatic rings. The lowest BCUT2D eigenvalue weighted by Gasteiger charge is -2.36. The molecule has 0 unspecified atom stereocenters. The Hall–Kier alpha value is -2.05. The van der Waals surface area contributed by atoms with Crippen LogP contribution in [0.3, 0.4) is 0 Å². The number of piperazine rings is 1. The maximum Gasteiger partial charge on any atom is 0.261 e. The van der Waals surface area contributed by atoms with Crippen molar-refractivity contribution in [1.82, 2.24) is 10.2 Å². The van der Waals surface area contributed by atoms with Gasteiger partial charge in [-0.25, -0.2) is 0 Å². The molecule has 2 amide bonds. The fourth-order valence-electron chi connectivity index (χ4n) is 2.98. The molecule has 7 heteroatoms. The van der Waals surface area contributed by atoms with Crippen LogP contribution >= 0.6 is 22.9 Å². The predicted molar refractivity (Wildman–Crippen MR) is 106 cm³/mol. The summed E-state index contributed by atoms with van der Waals surface area (Å²) in [7, 11) is 0. The van der Waals surface area contributed by atoms with Crippen molar-refractivity contribution in [3.05, 3.63) is 51.7 Å². The number of benzene rings is 1. The molecule has 1 aromatic carbocycles. The third kappa shape index (κ3) is 4.99. The minimum absolute atomic E-state index is 0.0671. The van der Waals surface area contributed by atoms with Crippen molar-refractivity contribution < 1.29 is 9.59 Å². The van der Waals surface area contributed by atoms with Crippen LogP contribution in [0.5, 0.6) is 0 Å². The van der Waals surface area contributed by atoms with E-state index in [1.54, 1.807) is 6.07 Å². The summed E-state index contributed by atoms with van der Waals surface area (Å²) in [6.45, 7) is 3.56. The number of anilines is 1. The first-order valence-corrected chi connectivity index (χ1v) is 9.99. The van der Waals surface area contributed by atoms with Crippen molar-refractivity contribution in [1.29, 1.82) is 0 Å². The summed E-state index contributed by atoms with van der Waals surface area (Å²) in [6, 6.07) is 11.5. The largest absolute Gasteiger partial charge is 0.368 e. The molecule has 0 saturated carbocycles. The average Bonchev–Trinajstić information content (AvgIpc) is 3.20. The molecule has 2 heterocycles. The maximum atomic E-state index is 12.3. The molecule has 0 aliphatic carbocycles. The van der Waals surface area contributed by atoms with E-state index in [9.17, 15) is 9.59 Å². The zero-order chi connectivity index (χ0) is 18.4. The van der Waals surface area contributed by atoms with Crippen molar-refractivity contribution >= 4 is 40.4 Å². The van der Waals surface area contributed by atoms with Crippen molar-refractivity contribution in [3.8, 4) is 0 Å². The van der Waals surface area contributed by atoms with E-state index >= 15 is 0 Å². The third-order valence-electron chi connectivity index (χ3n) is 4.40. The zero-order valence-electron chi connectivity index (χ0n) is 14.5. The second-order valence-corrected chi connectivity index (χ2v) is 7.57. The van der Waals surface area contributed by atoms with Crippen LogP contribution in [0, 0.1) is 0 Å². The van der Waals surface area contributed by atoms with Crippen LogP contribution in [0.1, 0.15) is 22.5 Å². The zero-order valence-corrected chi connectivity index (χ0v) is 16.1. The van der Waals surface area contributed by atoms with Gasteiger partial charge in [0.05, 0.1) is 4.88 Å². The highest BCUT2D eigenvalue weighted by molar-refractivity contribution is 7.12. The summed E-state index contributed by atoms with van der Waals surface area (Å²) in [4.78, 5) is 29.0. The van der Waals surface area contributed by atoms with Crippen LogP contribution in [0.25, 0.3) is 0 Å². The Kier molecular flexibility index (Phi) is 6.52. The fraction of sp³-hybridized carbons (Fsp3) is 0.368. The highest BCUT2D eigenvalue weighted by Crippen LogP contribution is 2.21. The van der Waals surface area contributed by atoms with Gasteiger partial charge in [-0.2, -0.15) is 0 Å². The number of nitrogens with zero attached hydrogens (tertiary/aromatic N) is 2. The van der Waals surface area contributed by atoms with E-state index in [0.717, 1.165) is 23.8 Å². The van der Waals surface area contributed by atoms with Crippen LogP contribution < -0.4 is 10.2 Å². The van der Waals surface area contributed by atoms with Gasteiger partial charge in [-0.1, -0.05) is 23.7 Å². The number of amides is 2. The van der Waals surface area contributed by atoms with Gasteiger partial charge in [0.2, 0.25) is 5.91 Å². The highest BCUT2D eigenvalue weighted by atomic mass is 35.5. The molecule has 2 aromatic rings. The van der Waals surface area contributed by atoms with E-state index in [-0.39, 0.29) is 11.8 Å². The van der Waals surface area contributed by atoms with Crippen molar-refractivity contribution in [2.45, 2.75) is 12.8 Å². The number of nitrogens with one attached hydrogen (secondary N) is 1. The molecular weight excluding hydrogens is 370 g/mol. The summed E-state index contributed by atoms with van der Waals surface area (Å²) in [5.74, 6) is 0.0868. The number of thiophene rings is 1. The standard InChI is InChI=1S/C19H22ClN3O2S/c20-15-4-1-5-16(14-15)22-9-11-23(12-10-22)18(24)7-2-8-21-19(25)17-6-3-13-26-17/h1,3-6,13-14H,2,7-12H2,(H,21,25). The molecule has 0 bridgehead atoms. The lowest BCUT2D eigenvalue weighted by molar-refractivity contribution is -0.131. The molecule has 5 nitrogen and oxygen atoms in total. The van der Waals surface area contributed by atoms with Crippen LogP contribution in [-0.4, -0.2) is 49.4 Å². The number of hydrogen-bond donors (Lipinski definition) is 1. The molecule has 0 radical (unpaired) electrons. The first-order valence-electron chi connectivity index (χ1n) is 8.73. The quantitative estimate of drug-likeness (QED) is 0.769. The smallest absolute Gasteiger partial charge is 0.261 e. The van der Waals surface area contributed by atoms with Gasteiger partial charge in [0.25, 0.3) is 5.91 Å². The molecule has 0 atom stereocenters. The Bertz CT molecular complexity index is 743. The lowest BCUT2D eigenvalue weighted by atomic mass is 10.2. The molecule has 1 saturated heterocycles. The van der Waals surface area contributed by atoms with Crippen molar-refractivity contribution in [2.24, 2.45) is 0 Å². The minimum Gasteiger partial charge on any atom is -0.368 e. The Balaban J connectivity index is 1.36. The van der Waals surface area contributed by atoms with Crippen molar-refractivity contribution in [2.75, 3.05) is 37.6 Å². The van der Waals surface area contributed by atoms with Crippen LogP contribution in [-0.2, 0) is 4.79 Å². The summed E-state index contributed by atoms with van der Waals surface area (Å²) in [5.41, 5.74) is 1.10. The highest BCUT2D eigenvalue weighted by Gasteiger charge is 2.21. The number of rotatable bonds is 6. The average molecular weight is 392 g/mol. The van der Waals surface area contributed by atoms with E-state index in [0.29, 0.717) is 37.4 Å². The second kappa shape index (κ2) is 9.05. The molecule has 138 valence electrons. The van der Waals surface area contributed by atoms with E-state index < -0.39 is 0 Å². The lowest BCUT2D eigenvalue weighted by Crippen LogP contribution is -2.48. The Morgan fingerprint density at radius 1 is 1.12 bits per heavy atom. The monoisotopic (exact) mass is 391 g/mol. The summed E-state index contributed by atoms with van der Waals surface area (Å²) >= 11 is 7.47. The molecule has 1 aliphatic heterocycles. The summed E-state index contributed by atoms with van der Waals surface area (Å²) < 4.78 is 0. The molecule has 1 fully saturated rings. The molecule has 1 N–H and O–H groups in total. The summed E-state index contributed by atoms with van der Waals surface area (Å²) in [6.07, 6.45) is 1.12. The number of carbonyl (C=O) groups is 2. The molecule has 0 spiro atoms. The number of halogens is 1. The van der Waals surface area contributed by atoms with Gasteiger partial charge in [-0.05, 0) is 36.1 Å². The van der Waals surface area contributed by atoms with Crippen LogP contribution in [0.4, 0.5) is 5.69 Å². The maximum absolute atomic E-state index is 12.3. The molecular formula is C19H22ClN3O2S. The van der Waals surface area contributed by atoms with Gasteiger partial charge >= 0.3 is 0 Å². The third-order valence-corrected chi connectivity index (χ3v) is 5.51. The second-order valence-electron chi connectivity index (χ2n) is 6.18. The number of carbonyl (C=O) groups excluding carboxylic acids is 2.